The second-order valence-electron chi connectivity index (χ2n) is 6.04. The van der Waals surface area contributed by atoms with Gasteiger partial charge in [0.25, 0.3) is 0 Å². The molecule has 1 aromatic heterocycles. The molecule has 0 aliphatic carbocycles. The second-order valence-corrected chi connectivity index (χ2v) is 7.65. The summed E-state index contributed by atoms with van der Waals surface area (Å²) in [7, 11) is 3.49. The molecule has 0 aliphatic heterocycles. The highest BCUT2D eigenvalue weighted by molar-refractivity contribution is 7.99. The number of nitrogens with one attached hydrogen (secondary N) is 2. The number of aliphatic imine (C=N–C) groups is 1. The first-order chi connectivity index (χ1) is 13.6. The van der Waals surface area contributed by atoms with Gasteiger partial charge in [-0.05, 0) is 36.4 Å². The summed E-state index contributed by atoms with van der Waals surface area (Å²) in [6.07, 6.45) is 2.50. The molecule has 0 atom stereocenters. The molecule has 0 spiro atoms. The zero-order valence-electron chi connectivity index (χ0n) is 16.2. The van der Waals surface area contributed by atoms with Gasteiger partial charge >= 0.3 is 0 Å². The van der Waals surface area contributed by atoms with Crippen LogP contribution in [0.4, 0.5) is 0 Å². The Morgan fingerprint density at radius 3 is 2.68 bits per heavy atom. The Balaban J connectivity index is 1.63. The molecule has 28 heavy (non-hydrogen) atoms. The molecule has 0 saturated carbocycles. The lowest BCUT2D eigenvalue weighted by molar-refractivity contribution is -0.128. The Labute approximate surface area is 175 Å². The Kier molecular flexibility index (Phi) is 9.65. The van der Waals surface area contributed by atoms with Crippen molar-refractivity contribution in [1.82, 2.24) is 20.5 Å². The summed E-state index contributed by atoms with van der Waals surface area (Å²) in [6.45, 7) is 1.56. The normalized spacial score (nSPS) is 11.2. The van der Waals surface area contributed by atoms with Gasteiger partial charge < -0.3 is 15.5 Å². The lowest BCUT2D eigenvalue weighted by Gasteiger charge is -2.18. The molecule has 1 heterocycles. The molecule has 6 nitrogen and oxygen atoms in total. The number of carbonyl (C=O) groups is 1. The molecular formula is C20H26ClN5OS. The zero-order chi connectivity index (χ0) is 20.2. The van der Waals surface area contributed by atoms with Crippen LogP contribution >= 0.6 is 23.4 Å². The summed E-state index contributed by atoms with van der Waals surface area (Å²) < 4.78 is 0. The molecular weight excluding hydrogens is 394 g/mol. The molecule has 0 aliphatic rings. The number of halogens is 1. The Hall–Kier alpha value is -2.25. The van der Waals surface area contributed by atoms with Gasteiger partial charge in [0.1, 0.15) is 0 Å². The van der Waals surface area contributed by atoms with Crippen LogP contribution in [-0.4, -0.2) is 61.2 Å². The molecule has 0 saturated heterocycles. The standard InChI is InChI=1S/C20H26ClN5OS/c1-22-20(24-12-14-28-18-8-6-16(21)7-9-18)25-15-19(27)26(2)13-10-17-5-3-4-11-23-17/h3-9,11H,10,12-15H2,1-2H3,(H2,22,24,25). The van der Waals surface area contributed by atoms with Crippen LogP contribution in [0.5, 0.6) is 0 Å². The van der Waals surface area contributed by atoms with E-state index in [4.69, 9.17) is 11.6 Å². The van der Waals surface area contributed by atoms with Gasteiger partial charge in [-0.3, -0.25) is 14.8 Å². The number of hydrogen-bond acceptors (Lipinski definition) is 4. The molecule has 2 aromatic rings. The van der Waals surface area contributed by atoms with Crippen molar-refractivity contribution in [2.45, 2.75) is 11.3 Å². The van der Waals surface area contributed by atoms with Crippen LogP contribution in [-0.2, 0) is 11.2 Å². The van der Waals surface area contributed by atoms with Crippen LogP contribution in [0, 0.1) is 0 Å². The minimum absolute atomic E-state index is 0.00872. The zero-order valence-corrected chi connectivity index (χ0v) is 17.8. The molecule has 0 bridgehead atoms. The highest BCUT2D eigenvalue weighted by Gasteiger charge is 2.09. The van der Waals surface area contributed by atoms with Gasteiger partial charge in [0.15, 0.2) is 5.96 Å². The fraction of sp³-hybridized carbons (Fsp3) is 0.350. The van der Waals surface area contributed by atoms with Crippen LogP contribution in [0.3, 0.4) is 0 Å². The van der Waals surface area contributed by atoms with Gasteiger partial charge in [0.2, 0.25) is 5.91 Å². The monoisotopic (exact) mass is 419 g/mol. The van der Waals surface area contributed by atoms with Crippen molar-refractivity contribution >= 4 is 35.2 Å². The first-order valence-electron chi connectivity index (χ1n) is 9.05. The van der Waals surface area contributed by atoms with E-state index in [2.05, 4.69) is 20.6 Å². The van der Waals surface area contributed by atoms with Crippen molar-refractivity contribution in [3.8, 4) is 0 Å². The number of guanidine groups is 1. The smallest absolute Gasteiger partial charge is 0.241 e. The maximum absolute atomic E-state index is 12.3. The van der Waals surface area contributed by atoms with Crippen LogP contribution in [0.1, 0.15) is 5.69 Å². The van der Waals surface area contributed by atoms with Gasteiger partial charge in [-0.1, -0.05) is 17.7 Å². The number of carbonyl (C=O) groups excluding carboxylic acids is 1. The third-order valence-corrected chi connectivity index (χ3v) is 5.23. The highest BCUT2D eigenvalue weighted by Crippen LogP contribution is 2.19. The maximum atomic E-state index is 12.3. The molecule has 1 amide bonds. The molecule has 8 heteroatoms. The Bertz CT molecular complexity index is 755. The molecule has 150 valence electrons. The summed E-state index contributed by atoms with van der Waals surface area (Å²) in [5.41, 5.74) is 0.978. The number of nitrogens with zero attached hydrogens (tertiary/aromatic N) is 3. The molecule has 0 unspecified atom stereocenters. The number of thioether (sulfide) groups is 1. The minimum atomic E-state index is 0.00872. The fourth-order valence-electron chi connectivity index (χ4n) is 2.34. The summed E-state index contributed by atoms with van der Waals surface area (Å²) >= 11 is 7.62. The SMILES string of the molecule is CN=C(NCCSc1ccc(Cl)cc1)NCC(=O)N(C)CCc1ccccn1. The Morgan fingerprint density at radius 2 is 2.00 bits per heavy atom. The molecule has 0 radical (unpaired) electrons. The van der Waals surface area contributed by atoms with E-state index in [9.17, 15) is 4.79 Å². The summed E-state index contributed by atoms with van der Waals surface area (Å²) in [5.74, 6) is 1.50. The van der Waals surface area contributed by atoms with Gasteiger partial charge in [-0.15, -0.1) is 11.8 Å². The van der Waals surface area contributed by atoms with Crippen molar-refractivity contribution in [1.29, 1.82) is 0 Å². The second kappa shape index (κ2) is 12.3. The minimum Gasteiger partial charge on any atom is -0.356 e. The van der Waals surface area contributed by atoms with E-state index >= 15 is 0 Å². The summed E-state index contributed by atoms with van der Waals surface area (Å²) in [5, 5.41) is 7.01. The number of rotatable bonds is 9. The molecule has 2 rings (SSSR count). The predicted molar refractivity (Wildman–Crippen MR) is 117 cm³/mol. The van der Waals surface area contributed by atoms with E-state index in [0.29, 0.717) is 12.5 Å². The van der Waals surface area contributed by atoms with E-state index in [1.54, 1.807) is 37.0 Å². The van der Waals surface area contributed by atoms with E-state index in [0.717, 1.165) is 29.4 Å². The number of aromatic nitrogens is 1. The van der Waals surface area contributed by atoms with Crippen molar-refractivity contribution in [2.24, 2.45) is 4.99 Å². The number of benzene rings is 1. The fourth-order valence-corrected chi connectivity index (χ4v) is 3.23. The van der Waals surface area contributed by atoms with Gasteiger partial charge in [-0.25, -0.2) is 0 Å². The van der Waals surface area contributed by atoms with E-state index in [1.807, 2.05) is 42.5 Å². The highest BCUT2D eigenvalue weighted by atomic mass is 35.5. The quantitative estimate of drug-likeness (QED) is 0.283. The van der Waals surface area contributed by atoms with Crippen molar-refractivity contribution in [3.05, 3.63) is 59.4 Å². The average molecular weight is 420 g/mol. The Morgan fingerprint density at radius 1 is 1.21 bits per heavy atom. The maximum Gasteiger partial charge on any atom is 0.241 e. The lowest BCUT2D eigenvalue weighted by Crippen LogP contribution is -2.44. The number of likely N-dealkylation sites (N-methyl/N-ethyl adjacent to an activating group) is 1. The van der Waals surface area contributed by atoms with Crippen LogP contribution in [0.15, 0.2) is 58.5 Å². The van der Waals surface area contributed by atoms with Crippen LogP contribution < -0.4 is 10.6 Å². The molecule has 2 N–H and O–H groups in total. The topological polar surface area (TPSA) is 69.6 Å². The first-order valence-corrected chi connectivity index (χ1v) is 10.4. The largest absolute Gasteiger partial charge is 0.356 e. The van der Waals surface area contributed by atoms with Gasteiger partial charge in [0.05, 0.1) is 6.54 Å². The van der Waals surface area contributed by atoms with Crippen LogP contribution in [0.2, 0.25) is 5.02 Å². The number of amides is 1. The molecule has 1 aromatic carbocycles. The number of hydrogen-bond donors (Lipinski definition) is 2. The number of pyridine rings is 1. The summed E-state index contributed by atoms with van der Waals surface area (Å²) in [4.78, 5) is 23.6. The predicted octanol–water partition coefficient (Wildman–Crippen LogP) is 2.69. The third-order valence-electron chi connectivity index (χ3n) is 3.96. The van der Waals surface area contributed by atoms with E-state index in [-0.39, 0.29) is 12.5 Å². The molecule has 0 fully saturated rings. The lowest BCUT2D eigenvalue weighted by atomic mass is 10.2. The van der Waals surface area contributed by atoms with Gasteiger partial charge in [-0.2, -0.15) is 0 Å². The first kappa shape index (κ1) is 22.0. The van der Waals surface area contributed by atoms with E-state index in [1.165, 1.54) is 4.90 Å². The van der Waals surface area contributed by atoms with Crippen molar-refractivity contribution in [3.63, 3.8) is 0 Å². The van der Waals surface area contributed by atoms with Crippen molar-refractivity contribution < 1.29 is 4.79 Å². The summed E-state index contributed by atoms with van der Waals surface area (Å²) in [6, 6.07) is 13.6. The van der Waals surface area contributed by atoms with Crippen LogP contribution in [0.25, 0.3) is 0 Å². The average Bonchev–Trinajstić information content (AvgIpc) is 2.73. The van der Waals surface area contributed by atoms with Gasteiger partial charge in [0, 0.05) is 61.2 Å². The third kappa shape index (κ3) is 8.19. The van der Waals surface area contributed by atoms with E-state index < -0.39 is 0 Å². The van der Waals surface area contributed by atoms with Crippen molar-refractivity contribution in [2.75, 3.05) is 39.5 Å².